The predicted molar refractivity (Wildman–Crippen MR) is 112 cm³/mol. The standard InChI is InChI=1S/C25H21NO2/c26-24(27)28-25(21-13-3-1-4-14-21,22-15-5-2-6-16-22)18-20-12-9-11-19-10-7-8-17-23(19)20/h1-17H,18H2,(H2,26,27). The van der Waals surface area contributed by atoms with Crippen LogP contribution in [-0.4, -0.2) is 6.09 Å². The lowest BCUT2D eigenvalue weighted by atomic mass is 9.80. The quantitative estimate of drug-likeness (QED) is 0.512. The van der Waals surface area contributed by atoms with Crippen LogP contribution in [0.5, 0.6) is 0 Å². The molecule has 0 bridgehead atoms. The SMILES string of the molecule is NC(=O)OC(Cc1cccc2ccccc12)(c1ccccc1)c1ccccc1. The molecule has 0 saturated carbocycles. The molecule has 2 N–H and O–H groups in total. The van der Waals surface area contributed by atoms with E-state index >= 15 is 0 Å². The second kappa shape index (κ2) is 7.57. The molecule has 0 atom stereocenters. The van der Waals surface area contributed by atoms with Gasteiger partial charge in [0.05, 0.1) is 0 Å². The van der Waals surface area contributed by atoms with Crippen LogP contribution in [0.2, 0.25) is 0 Å². The number of nitrogens with two attached hydrogens (primary N) is 1. The highest BCUT2D eigenvalue weighted by molar-refractivity contribution is 5.86. The van der Waals surface area contributed by atoms with Gasteiger partial charge in [0, 0.05) is 17.5 Å². The molecule has 3 heteroatoms. The minimum Gasteiger partial charge on any atom is -0.433 e. The van der Waals surface area contributed by atoms with Gasteiger partial charge in [-0.3, -0.25) is 0 Å². The van der Waals surface area contributed by atoms with Crippen molar-refractivity contribution in [2.24, 2.45) is 5.73 Å². The topological polar surface area (TPSA) is 52.3 Å². The number of hydrogen-bond acceptors (Lipinski definition) is 2. The summed E-state index contributed by atoms with van der Waals surface area (Å²) in [7, 11) is 0. The van der Waals surface area contributed by atoms with E-state index in [9.17, 15) is 4.79 Å². The van der Waals surface area contributed by atoms with Crippen LogP contribution in [0.1, 0.15) is 16.7 Å². The molecule has 3 nitrogen and oxygen atoms in total. The van der Waals surface area contributed by atoms with Gasteiger partial charge < -0.3 is 10.5 Å². The monoisotopic (exact) mass is 367 g/mol. The van der Waals surface area contributed by atoms with Crippen molar-refractivity contribution in [1.29, 1.82) is 0 Å². The van der Waals surface area contributed by atoms with Crippen LogP contribution in [0.4, 0.5) is 4.79 Å². The Labute approximate surface area is 164 Å². The lowest BCUT2D eigenvalue weighted by Crippen LogP contribution is -2.38. The first kappa shape index (κ1) is 17.8. The first-order valence-electron chi connectivity index (χ1n) is 9.25. The van der Waals surface area contributed by atoms with E-state index in [4.69, 9.17) is 10.5 Å². The van der Waals surface area contributed by atoms with Gasteiger partial charge in [-0.2, -0.15) is 0 Å². The van der Waals surface area contributed by atoms with Crippen LogP contribution >= 0.6 is 0 Å². The highest BCUT2D eigenvalue weighted by Gasteiger charge is 2.38. The van der Waals surface area contributed by atoms with E-state index in [2.05, 4.69) is 24.3 Å². The van der Waals surface area contributed by atoms with Crippen molar-refractivity contribution >= 4 is 16.9 Å². The summed E-state index contributed by atoms with van der Waals surface area (Å²) in [5.74, 6) is 0. The zero-order chi connectivity index (χ0) is 19.4. The van der Waals surface area contributed by atoms with Gasteiger partial charge in [0.25, 0.3) is 0 Å². The first-order valence-corrected chi connectivity index (χ1v) is 9.25. The average Bonchev–Trinajstić information content (AvgIpc) is 2.74. The average molecular weight is 367 g/mol. The second-order valence-corrected chi connectivity index (χ2v) is 6.80. The van der Waals surface area contributed by atoms with Crippen LogP contribution in [0.15, 0.2) is 103 Å². The van der Waals surface area contributed by atoms with Crippen LogP contribution in [0, 0.1) is 0 Å². The molecule has 4 aromatic rings. The van der Waals surface area contributed by atoms with Crippen LogP contribution in [-0.2, 0) is 16.8 Å². The fourth-order valence-corrected chi connectivity index (χ4v) is 3.83. The number of hydrogen-bond donors (Lipinski definition) is 1. The zero-order valence-electron chi connectivity index (χ0n) is 15.4. The molecule has 0 heterocycles. The Morgan fingerprint density at radius 1 is 0.714 bits per heavy atom. The molecule has 0 unspecified atom stereocenters. The van der Waals surface area contributed by atoms with Crippen molar-refractivity contribution in [3.8, 4) is 0 Å². The van der Waals surface area contributed by atoms with Crippen molar-refractivity contribution in [3.63, 3.8) is 0 Å². The Hall–Kier alpha value is -3.59. The van der Waals surface area contributed by atoms with E-state index in [-0.39, 0.29) is 0 Å². The summed E-state index contributed by atoms with van der Waals surface area (Å²) >= 11 is 0. The van der Waals surface area contributed by atoms with E-state index in [1.165, 1.54) is 0 Å². The fraction of sp³-hybridized carbons (Fsp3) is 0.0800. The summed E-state index contributed by atoms with van der Waals surface area (Å²) in [6.07, 6.45) is -0.321. The molecule has 0 fully saturated rings. The summed E-state index contributed by atoms with van der Waals surface area (Å²) in [4.78, 5) is 12.0. The van der Waals surface area contributed by atoms with Gasteiger partial charge in [-0.25, -0.2) is 4.79 Å². The molecule has 0 aromatic heterocycles. The van der Waals surface area contributed by atoms with Gasteiger partial charge in [0.15, 0.2) is 5.60 Å². The molecular formula is C25H21NO2. The number of carbonyl (C=O) groups is 1. The van der Waals surface area contributed by atoms with Crippen LogP contribution < -0.4 is 5.73 Å². The minimum atomic E-state index is -1.02. The maximum absolute atomic E-state index is 12.0. The number of amides is 1. The van der Waals surface area contributed by atoms with E-state index in [0.717, 1.165) is 27.5 Å². The molecule has 1 amide bonds. The minimum absolute atomic E-state index is 0.478. The number of primary amides is 1. The first-order chi connectivity index (χ1) is 13.7. The van der Waals surface area contributed by atoms with Crippen molar-refractivity contribution in [3.05, 3.63) is 120 Å². The molecule has 28 heavy (non-hydrogen) atoms. The summed E-state index contributed by atoms with van der Waals surface area (Å²) in [5.41, 5.74) is 7.40. The smallest absolute Gasteiger partial charge is 0.405 e. The van der Waals surface area contributed by atoms with Gasteiger partial charge in [0.2, 0.25) is 0 Å². The lowest BCUT2D eigenvalue weighted by molar-refractivity contribution is 0.0456. The molecule has 0 saturated heterocycles. The maximum atomic E-state index is 12.0. The maximum Gasteiger partial charge on any atom is 0.405 e. The molecular weight excluding hydrogens is 346 g/mol. The molecule has 0 aliphatic rings. The Morgan fingerprint density at radius 3 is 1.86 bits per heavy atom. The number of benzene rings is 4. The van der Waals surface area contributed by atoms with Gasteiger partial charge >= 0.3 is 6.09 Å². The third kappa shape index (κ3) is 3.35. The van der Waals surface area contributed by atoms with Crippen molar-refractivity contribution in [2.75, 3.05) is 0 Å². The van der Waals surface area contributed by atoms with Gasteiger partial charge in [-0.1, -0.05) is 103 Å². The van der Waals surface area contributed by atoms with E-state index in [1.807, 2.05) is 78.9 Å². The largest absolute Gasteiger partial charge is 0.433 e. The Balaban J connectivity index is 1.95. The van der Waals surface area contributed by atoms with E-state index in [1.54, 1.807) is 0 Å². The molecule has 0 spiro atoms. The van der Waals surface area contributed by atoms with Gasteiger partial charge in [-0.05, 0) is 16.3 Å². The van der Waals surface area contributed by atoms with Gasteiger partial charge in [0.1, 0.15) is 0 Å². The van der Waals surface area contributed by atoms with Gasteiger partial charge in [-0.15, -0.1) is 0 Å². The third-order valence-corrected chi connectivity index (χ3v) is 5.07. The van der Waals surface area contributed by atoms with Crippen LogP contribution in [0.25, 0.3) is 10.8 Å². The third-order valence-electron chi connectivity index (χ3n) is 5.07. The predicted octanol–water partition coefficient (Wildman–Crippen LogP) is 5.42. The molecule has 0 radical (unpaired) electrons. The molecule has 4 rings (SSSR count). The fourth-order valence-electron chi connectivity index (χ4n) is 3.83. The summed E-state index contributed by atoms with van der Waals surface area (Å²) in [6, 6.07) is 34.0. The Morgan fingerprint density at radius 2 is 1.25 bits per heavy atom. The number of fused-ring (bicyclic) bond motifs is 1. The van der Waals surface area contributed by atoms with Crippen molar-refractivity contribution in [1.82, 2.24) is 0 Å². The number of carbonyl (C=O) groups excluding carboxylic acids is 1. The lowest BCUT2D eigenvalue weighted by Gasteiger charge is -2.34. The molecule has 138 valence electrons. The highest BCUT2D eigenvalue weighted by atomic mass is 16.6. The van der Waals surface area contributed by atoms with E-state index < -0.39 is 11.7 Å². The normalized spacial score (nSPS) is 11.3. The van der Waals surface area contributed by atoms with Crippen molar-refractivity contribution in [2.45, 2.75) is 12.0 Å². The van der Waals surface area contributed by atoms with Crippen LogP contribution in [0.3, 0.4) is 0 Å². The Bertz CT molecular complexity index is 1050. The number of ether oxygens (including phenoxy) is 1. The summed E-state index contributed by atoms with van der Waals surface area (Å²) in [5, 5.41) is 2.28. The molecule has 0 aliphatic heterocycles. The highest BCUT2D eigenvalue weighted by Crippen LogP contribution is 2.38. The summed E-state index contributed by atoms with van der Waals surface area (Å²) in [6.45, 7) is 0. The molecule has 4 aromatic carbocycles. The van der Waals surface area contributed by atoms with Crippen molar-refractivity contribution < 1.29 is 9.53 Å². The zero-order valence-corrected chi connectivity index (χ0v) is 15.4. The Kier molecular flexibility index (Phi) is 4.81. The van der Waals surface area contributed by atoms with E-state index in [0.29, 0.717) is 6.42 Å². The second-order valence-electron chi connectivity index (χ2n) is 6.80. The molecule has 0 aliphatic carbocycles. The summed E-state index contributed by atoms with van der Waals surface area (Å²) < 4.78 is 5.90. The number of rotatable bonds is 5.